The Kier molecular flexibility index (Phi) is 3.61. The summed E-state index contributed by atoms with van der Waals surface area (Å²) in [5, 5.41) is 14.2. The van der Waals surface area contributed by atoms with E-state index in [4.69, 9.17) is 5.21 Å². The zero-order chi connectivity index (χ0) is 11.2. The van der Waals surface area contributed by atoms with Crippen molar-refractivity contribution in [3.05, 3.63) is 46.2 Å². The van der Waals surface area contributed by atoms with Crippen LogP contribution in [-0.4, -0.2) is 21.4 Å². The molecule has 2 rings (SSSR count). The summed E-state index contributed by atoms with van der Waals surface area (Å²) in [5.74, 6) is 0. The zero-order valence-electron chi connectivity index (χ0n) is 8.58. The molecule has 5 heteroatoms. The fraction of sp³-hybridized carbons (Fsp3) is 0.182. The van der Waals surface area contributed by atoms with Crippen LogP contribution in [0.15, 0.2) is 35.1 Å². The van der Waals surface area contributed by atoms with Crippen LogP contribution in [0, 0.1) is 0 Å². The van der Waals surface area contributed by atoms with Crippen LogP contribution in [0.4, 0.5) is 0 Å². The molecule has 4 nitrogen and oxygen atoms in total. The Morgan fingerprint density at radius 2 is 2.38 bits per heavy atom. The molecule has 0 bridgehead atoms. The third-order valence-electron chi connectivity index (χ3n) is 2.11. The topological polar surface area (TPSA) is 58.4 Å². The van der Waals surface area contributed by atoms with Gasteiger partial charge in [-0.25, -0.2) is 4.98 Å². The number of aryl methyl sites for hydroxylation is 2. The van der Waals surface area contributed by atoms with E-state index in [0.29, 0.717) is 5.69 Å². The lowest BCUT2D eigenvalue weighted by molar-refractivity contribution is 0.321. The lowest BCUT2D eigenvalue weighted by Crippen LogP contribution is -1.92. The summed E-state index contributed by atoms with van der Waals surface area (Å²) >= 11 is 1.57. The normalized spacial score (nSPS) is 11.0. The highest BCUT2D eigenvalue weighted by molar-refractivity contribution is 7.09. The first-order valence-corrected chi connectivity index (χ1v) is 5.77. The van der Waals surface area contributed by atoms with Crippen molar-refractivity contribution < 1.29 is 5.21 Å². The Balaban J connectivity index is 1.94. The van der Waals surface area contributed by atoms with Crippen LogP contribution in [0.2, 0.25) is 0 Å². The van der Waals surface area contributed by atoms with Crippen LogP contribution in [0.25, 0.3) is 0 Å². The summed E-state index contributed by atoms with van der Waals surface area (Å²) in [6.07, 6.45) is 6.78. The summed E-state index contributed by atoms with van der Waals surface area (Å²) in [6, 6.07) is 3.98. The van der Waals surface area contributed by atoms with Gasteiger partial charge in [-0.15, -0.1) is 11.3 Å². The van der Waals surface area contributed by atoms with Crippen molar-refractivity contribution in [2.45, 2.75) is 12.8 Å². The first kappa shape index (κ1) is 10.8. The molecule has 2 heterocycles. The standard InChI is InChI=1S/C11H11N3OS/c15-13-7-10-8-16-11(14-10)4-3-9-2-1-5-12-6-9/h1-2,5-8,15H,3-4H2/b13-7-. The van der Waals surface area contributed by atoms with Gasteiger partial charge in [0.25, 0.3) is 0 Å². The molecule has 0 spiro atoms. The van der Waals surface area contributed by atoms with Crippen LogP contribution in [-0.2, 0) is 12.8 Å². The third kappa shape index (κ3) is 2.87. The van der Waals surface area contributed by atoms with Crippen LogP contribution < -0.4 is 0 Å². The first-order chi connectivity index (χ1) is 7.88. The van der Waals surface area contributed by atoms with Crippen molar-refractivity contribution in [3.8, 4) is 0 Å². The fourth-order valence-corrected chi connectivity index (χ4v) is 2.10. The molecule has 0 aliphatic heterocycles. The van der Waals surface area contributed by atoms with Gasteiger partial charge < -0.3 is 5.21 Å². The van der Waals surface area contributed by atoms with Gasteiger partial charge in [0.2, 0.25) is 0 Å². The van der Waals surface area contributed by atoms with E-state index in [1.807, 2.05) is 17.6 Å². The number of pyridine rings is 1. The number of nitrogens with zero attached hydrogens (tertiary/aromatic N) is 3. The van der Waals surface area contributed by atoms with E-state index in [-0.39, 0.29) is 0 Å². The number of hydrogen-bond donors (Lipinski definition) is 1. The highest BCUT2D eigenvalue weighted by atomic mass is 32.1. The molecule has 2 aromatic heterocycles. The van der Waals surface area contributed by atoms with Crippen molar-refractivity contribution in [2.24, 2.45) is 5.16 Å². The van der Waals surface area contributed by atoms with Gasteiger partial charge in [0.15, 0.2) is 0 Å². The highest BCUT2D eigenvalue weighted by Crippen LogP contribution is 2.11. The van der Waals surface area contributed by atoms with Gasteiger partial charge in [-0.05, 0) is 18.1 Å². The van der Waals surface area contributed by atoms with Gasteiger partial charge in [0.1, 0.15) is 0 Å². The van der Waals surface area contributed by atoms with Gasteiger partial charge in [0.05, 0.1) is 16.9 Å². The van der Waals surface area contributed by atoms with E-state index in [0.717, 1.165) is 17.8 Å². The van der Waals surface area contributed by atoms with Gasteiger partial charge in [-0.1, -0.05) is 11.2 Å². The van der Waals surface area contributed by atoms with E-state index in [9.17, 15) is 0 Å². The van der Waals surface area contributed by atoms with Crippen LogP contribution >= 0.6 is 11.3 Å². The molecular weight excluding hydrogens is 222 g/mol. The second kappa shape index (κ2) is 5.37. The summed E-state index contributed by atoms with van der Waals surface area (Å²) < 4.78 is 0. The zero-order valence-corrected chi connectivity index (χ0v) is 9.39. The summed E-state index contributed by atoms with van der Waals surface area (Å²) in [4.78, 5) is 8.36. The van der Waals surface area contributed by atoms with Crippen molar-refractivity contribution in [3.63, 3.8) is 0 Å². The van der Waals surface area contributed by atoms with Crippen molar-refractivity contribution >= 4 is 17.6 Å². The maximum atomic E-state index is 8.36. The van der Waals surface area contributed by atoms with Crippen LogP contribution in [0.3, 0.4) is 0 Å². The molecule has 0 unspecified atom stereocenters. The first-order valence-electron chi connectivity index (χ1n) is 4.89. The molecule has 0 atom stereocenters. The molecule has 0 amide bonds. The number of rotatable bonds is 4. The molecule has 0 saturated carbocycles. The molecular formula is C11H11N3OS. The van der Waals surface area contributed by atoms with Crippen molar-refractivity contribution in [2.75, 3.05) is 0 Å². The minimum atomic E-state index is 0.702. The van der Waals surface area contributed by atoms with Gasteiger partial charge in [-0.3, -0.25) is 4.98 Å². The maximum Gasteiger partial charge on any atom is 0.0958 e. The van der Waals surface area contributed by atoms with Crippen molar-refractivity contribution in [1.29, 1.82) is 0 Å². The summed E-state index contributed by atoms with van der Waals surface area (Å²) in [6.45, 7) is 0. The van der Waals surface area contributed by atoms with E-state index >= 15 is 0 Å². The second-order valence-corrected chi connectivity index (χ2v) is 4.21. The molecule has 0 saturated heterocycles. The number of thiazole rings is 1. The number of oxime groups is 1. The fourth-order valence-electron chi connectivity index (χ4n) is 1.36. The maximum absolute atomic E-state index is 8.36. The number of aromatic nitrogens is 2. The Bertz CT molecular complexity index is 467. The Hall–Kier alpha value is -1.75. The molecule has 0 aliphatic rings. The molecule has 2 aromatic rings. The van der Waals surface area contributed by atoms with Gasteiger partial charge >= 0.3 is 0 Å². The molecule has 1 N–H and O–H groups in total. The lowest BCUT2D eigenvalue weighted by atomic mass is 10.2. The van der Waals surface area contributed by atoms with Gasteiger partial charge in [0, 0.05) is 24.2 Å². The monoisotopic (exact) mass is 233 g/mol. The quantitative estimate of drug-likeness (QED) is 0.500. The predicted molar refractivity (Wildman–Crippen MR) is 63.1 cm³/mol. The average Bonchev–Trinajstić information content (AvgIpc) is 2.76. The molecule has 0 aromatic carbocycles. The van der Waals surface area contributed by atoms with Crippen LogP contribution in [0.1, 0.15) is 16.3 Å². The van der Waals surface area contributed by atoms with E-state index in [1.54, 1.807) is 17.5 Å². The van der Waals surface area contributed by atoms with Crippen LogP contribution in [0.5, 0.6) is 0 Å². The minimum Gasteiger partial charge on any atom is -0.411 e. The average molecular weight is 233 g/mol. The predicted octanol–water partition coefficient (Wildman–Crippen LogP) is 2.13. The molecule has 0 fully saturated rings. The largest absolute Gasteiger partial charge is 0.411 e. The lowest BCUT2D eigenvalue weighted by Gasteiger charge is -1.96. The third-order valence-corrected chi connectivity index (χ3v) is 3.04. The second-order valence-electron chi connectivity index (χ2n) is 3.27. The Morgan fingerprint density at radius 3 is 3.12 bits per heavy atom. The molecule has 16 heavy (non-hydrogen) atoms. The molecule has 0 radical (unpaired) electrons. The Labute approximate surface area is 97.3 Å². The minimum absolute atomic E-state index is 0.702. The molecule has 0 aliphatic carbocycles. The SMILES string of the molecule is O/N=C\c1csc(CCc2cccnc2)n1. The summed E-state index contributed by atoms with van der Waals surface area (Å²) in [5.41, 5.74) is 1.91. The smallest absolute Gasteiger partial charge is 0.0958 e. The van der Waals surface area contributed by atoms with Crippen molar-refractivity contribution in [1.82, 2.24) is 9.97 Å². The Morgan fingerprint density at radius 1 is 1.44 bits per heavy atom. The molecule has 82 valence electrons. The van der Waals surface area contributed by atoms with Gasteiger partial charge in [-0.2, -0.15) is 0 Å². The van der Waals surface area contributed by atoms with E-state index in [2.05, 4.69) is 21.2 Å². The number of hydrogen-bond acceptors (Lipinski definition) is 5. The van der Waals surface area contributed by atoms with E-state index < -0.39 is 0 Å². The summed E-state index contributed by atoms with van der Waals surface area (Å²) in [7, 11) is 0. The highest BCUT2D eigenvalue weighted by Gasteiger charge is 2.01. The van der Waals surface area contributed by atoms with E-state index in [1.165, 1.54) is 11.8 Å².